The summed E-state index contributed by atoms with van der Waals surface area (Å²) in [6.07, 6.45) is 2.14. The topological polar surface area (TPSA) is 35.5 Å². The summed E-state index contributed by atoms with van der Waals surface area (Å²) in [4.78, 5) is 10.1. The molecule has 0 aliphatic heterocycles. The predicted octanol–water partition coefficient (Wildman–Crippen LogP) is 2.82. The zero-order valence-corrected chi connectivity index (χ0v) is 10.1. The molecule has 0 aliphatic carbocycles. The molecule has 3 nitrogen and oxygen atoms in total. The van der Waals surface area contributed by atoms with Crippen LogP contribution in [0.2, 0.25) is 0 Å². The number of aldehydes is 1. The summed E-state index contributed by atoms with van der Waals surface area (Å²) >= 11 is 3.36. The molecule has 0 unspecified atom stereocenters. The minimum Gasteiger partial charge on any atom is -0.493 e. The van der Waals surface area contributed by atoms with E-state index in [1.807, 2.05) is 18.2 Å². The Labute approximate surface area is 97.5 Å². The largest absolute Gasteiger partial charge is 0.493 e. The number of unbranched alkanes of at least 4 members (excludes halogenated alkanes) is 1. The summed E-state index contributed by atoms with van der Waals surface area (Å²) in [7, 11) is 1.60. The molecule has 0 atom stereocenters. The first-order valence-electron chi connectivity index (χ1n) is 4.68. The van der Waals surface area contributed by atoms with Gasteiger partial charge in [-0.05, 0) is 24.6 Å². The quantitative estimate of drug-likeness (QED) is 0.590. The number of halogens is 1. The van der Waals surface area contributed by atoms with E-state index in [0.717, 1.165) is 17.2 Å². The molecule has 0 saturated heterocycles. The molecule has 1 rings (SSSR count). The number of methoxy groups -OCH3 is 1. The minimum absolute atomic E-state index is 0.519. The Kier molecular flexibility index (Phi) is 5.18. The summed E-state index contributed by atoms with van der Waals surface area (Å²) in [6, 6.07) is 5.57. The smallest absolute Gasteiger partial charge is 0.162 e. The molecule has 0 aromatic heterocycles. The van der Waals surface area contributed by atoms with E-state index in [9.17, 15) is 4.79 Å². The van der Waals surface area contributed by atoms with Crippen LogP contribution in [0.3, 0.4) is 0 Å². The van der Waals surface area contributed by atoms with E-state index in [1.54, 1.807) is 7.11 Å². The standard InChI is InChI=1S/C11H13BrO3/c1-14-10-5-4-9(12)8-11(10)15-7-3-2-6-13/h4-6,8H,2-3,7H2,1H3. The van der Waals surface area contributed by atoms with Gasteiger partial charge in [0, 0.05) is 10.9 Å². The van der Waals surface area contributed by atoms with Gasteiger partial charge in [0.2, 0.25) is 0 Å². The summed E-state index contributed by atoms with van der Waals surface area (Å²) in [5.41, 5.74) is 0. The van der Waals surface area contributed by atoms with E-state index in [2.05, 4.69) is 15.9 Å². The van der Waals surface area contributed by atoms with Crippen LogP contribution >= 0.6 is 15.9 Å². The number of benzene rings is 1. The fourth-order valence-electron chi connectivity index (χ4n) is 1.11. The second-order valence-electron chi connectivity index (χ2n) is 2.95. The normalized spacial score (nSPS) is 9.73. The van der Waals surface area contributed by atoms with Crippen LogP contribution < -0.4 is 9.47 Å². The molecule has 4 heteroatoms. The first kappa shape index (κ1) is 12.0. The van der Waals surface area contributed by atoms with Gasteiger partial charge in [-0.3, -0.25) is 0 Å². The molecule has 0 radical (unpaired) electrons. The maximum absolute atomic E-state index is 10.1. The molecule has 82 valence electrons. The van der Waals surface area contributed by atoms with E-state index in [0.29, 0.717) is 24.5 Å². The molecule has 0 N–H and O–H groups in total. The van der Waals surface area contributed by atoms with E-state index in [4.69, 9.17) is 9.47 Å². The molecule has 0 amide bonds. The lowest BCUT2D eigenvalue weighted by Crippen LogP contribution is -1.99. The highest BCUT2D eigenvalue weighted by Gasteiger charge is 2.04. The van der Waals surface area contributed by atoms with Gasteiger partial charge in [-0.15, -0.1) is 0 Å². The Morgan fingerprint density at radius 2 is 2.20 bits per heavy atom. The third-order valence-corrected chi connectivity index (χ3v) is 2.34. The Balaban J connectivity index is 2.57. The first-order chi connectivity index (χ1) is 7.27. The lowest BCUT2D eigenvalue weighted by Gasteiger charge is -2.10. The lowest BCUT2D eigenvalue weighted by molar-refractivity contribution is -0.108. The monoisotopic (exact) mass is 272 g/mol. The Bertz CT molecular complexity index is 326. The van der Waals surface area contributed by atoms with Gasteiger partial charge in [-0.2, -0.15) is 0 Å². The molecule has 15 heavy (non-hydrogen) atoms. The van der Waals surface area contributed by atoms with E-state index < -0.39 is 0 Å². The highest BCUT2D eigenvalue weighted by molar-refractivity contribution is 9.10. The Morgan fingerprint density at radius 3 is 2.87 bits per heavy atom. The zero-order chi connectivity index (χ0) is 11.1. The molecule has 0 saturated carbocycles. The van der Waals surface area contributed by atoms with Crippen molar-refractivity contribution in [3.05, 3.63) is 22.7 Å². The summed E-state index contributed by atoms with van der Waals surface area (Å²) in [6.45, 7) is 0.519. The summed E-state index contributed by atoms with van der Waals surface area (Å²) in [5, 5.41) is 0. The molecule has 0 spiro atoms. The molecule has 1 aromatic carbocycles. The van der Waals surface area contributed by atoms with Crippen LogP contribution in [0.15, 0.2) is 22.7 Å². The predicted molar refractivity (Wildman–Crippen MR) is 61.5 cm³/mol. The number of carbonyl (C=O) groups excluding carboxylic acids is 1. The Hall–Kier alpha value is -1.03. The van der Waals surface area contributed by atoms with E-state index in [1.165, 1.54) is 0 Å². The molecule has 0 fully saturated rings. The third kappa shape index (κ3) is 3.91. The van der Waals surface area contributed by atoms with Crippen molar-refractivity contribution in [2.45, 2.75) is 12.8 Å². The average Bonchev–Trinajstić information content (AvgIpc) is 2.25. The number of carbonyl (C=O) groups is 1. The molecule has 1 aromatic rings. The fourth-order valence-corrected chi connectivity index (χ4v) is 1.45. The Morgan fingerprint density at radius 1 is 1.40 bits per heavy atom. The van der Waals surface area contributed by atoms with Crippen molar-refractivity contribution in [1.29, 1.82) is 0 Å². The van der Waals surface area contributed by atoms with Crippen molar-refractivity contribution in [1.82, 2.24) is 0 Å². The van der Waals surface area contributed by atoms with Gasteiger partial charge in [-0.1, -0.05) is 15.9 Å². The van der Waals surface area contributed by atoms with Crippen LogP contribution in [-0.4, -0.2) is 20.0 Å². The van der Waals surface area contributed by atoms with Crippen LogP contribution in [0, 0.1) is 0 Å². The van der Waals surface area contributed by atoms with Crippen molar-refractivity contribution >= 4 is 22.2 Å². The van der Waals surface area contributed by atoms with Gasteiger partial charge < -0.3 is 14.3 Å². The number of hydrogen-bond donors (Lipinski definition) is 0. The zero-order valence-electron chi connectivity index (χ0n) is 8.53. The molecule has 0 heterocycles. The lowest BCUT2D eigenvalue weighted by atomic mass is 10.3. The van der Waals surface area contributed by atoms with E-state index in [-0.39, 0.29) is 0 Å². The van der Waals surface area contributed by atoms with Crippen molar-refractivity contribution in [3.63, 3.8) is 0 Å². The maximum Gasteiger partial charge on any atom is 0.162 e. The summed E-state index contributed by atoms with van der Waals surface area (Å²) < 4.78 is 11.6. The fraction of sp³-hybridized carbons (Fsp3) is 0.364. The van der Waals surface area contributed by atoms with Gasteiger partial charge in [0.25, 0.3) is 0 Å². The van der Waals surface area contributed by atoms with Crippen LogP contribution in [0.1, 0.15) is 12.8 Å². The second kappa shape index (κ2) is 6.45. The number of ether oxygens (including phenoxy) is 2. The van der Waals surface area contributed by atoms with Gasteiger partial charge in [0.05, 0.1) is 13.7 Å². The van der Waals surface area contributed by atoms with Crippen molar-refractivity contribution in [2.75, 3.05) is 13.7 Å². The van der Waals surface area contributed by atoms with Gasteiger partial charge >= 0.3 is 0 Å². The molecule has 0 aliphatic rings. The van der Waals surface area contributed by atoms with Crippen molar-refractivity contribution in [2.24, 2.45) is 0 Å². The third-order valence-electron chi connectivity index (χ3n) is 1.85. The van der Waals surface area contributed by atoms with Crippen molar-refractivity contribution in [3.8, 4) is 11.5 Å². The number of rotatable bonds is 6. The minimum atomic E-state index is 0.519. The SMILES string of the molecule is COc1ccc(Br)cc1OCCCC=O. The van der Waals surface area contributed by atoms with Gasteiger partial charge in [0.1, 0.15) is 6.29 Å². The maximum atomic E-state index is 10.1. The molecule has 0 bridgehead atoms. The van der Waals surface area contributed by atoms with Crippen molar-refractivity contribution < 1.29 is 14.3 Å². The summed E-state index contributed by atoms with van der Waals surface area (Å²) in [5.74, 6) is 1.39. The van der Waals surface area contributed by atoms with Crippen LogP contribution in [0.4, 0.5) is 0 Å². The van der Waals surface area contributed by atoms with Crippen LogP contribution in [0.25, 0.3) is 0 Å². The van der Waals surface area contributed by atoms with E-state index >= 15 is 0 Å². The second-order valence-corrected chi connectivity index (χ2v) is 3.87. The first-order valence-corrected chi connectivity index (χ1v) is 5.47. The molecular weight excluding hydrogens is 260 g/mol. The highest BCUT2D eigenvalue weighted by Crippen LogP contribution is 2.30. The van der Waals surface area contributed by atoms with Crippen LogP contribution in [-0.2, 0) is 4.79 Å². The number of hydrogen-bond acceptors (Lipinski definition) is 3. The van der Waals surface area contributed by atoms with Gasteiger partial charge in [-0.25, -0.2) is 0 Å². The van der Waals surface area contributed by atoms with Gasteiger partial charge in [0.15, 0.2) is 11.5 Å². The average molecular weight is 273 g/mol. The highest BCUT2D eigenvalue weighted by atomic mass is 79.9. The van der Waals surface area contributed by atoms with Crippen LogP contribution in [0.5, 0.6) is 11.5 Å². The molecular formula is C11H13BrO3.